The van der Waals surface area contributed by atoms with E-state index in [1.54, 1.807) is 0 Å². The van der Waals surface area contributed by atoms with Crippen molar-refractivity contribution in [2.75, 3.05) is 7.11 Å². The summed E-state index contributed by atoms with van der Waals surface area (Å²) in [5.74, 6) is -2.52. The lowest BCUT2D eigenvalue weighted by molar-refractivity contribution is -0.152. The van der Waals surface area contributed by atoms with E-state index in [9.17, 15) is 14.4 Å². The maximum Gasteiger partial charge on any atom is 0.376 e. The second kappa shape index (κ2) is 3.87. The number of ether oxygens (including phenoxy) is 1. The normalized spacial score (nSPS) is 17.7. The van der Waals surface area contributed by atoms with Gasteiger partial charge in [0.2, 0.25) is 0 Å². The Morgan fingerprint density at radius 3 is 2.31 bits per heavy atom. The maximum atomic E-state index is 11.2. The summed E-state index contributed by atoms with van der Waals surface area (Å²) in [4.78, 5) is 32.9. The van der Waals surface area contributed by atoms with E-state index < -0.39 is 17.1 Å². The minimum absolute atomic E-state index is 0.129. The van der Waals surface area contributed by atoms with Crippen molar-refractivity contribution < 1.29 is 19.1 Å². The average molecular weight is 205 g/mol. The Bertz CT molecular complexity index is 257. The molecule has 1 aliphatic rings. The summed E-state index contributed by atoms with van der Waals surface area (Å²) in [5.41, 5.74) is 0. The summed E-state index contributed by atoms with van der Waals surface area (Å²) in [7, 11) is 1.07. The Kier molecular flexibility index (Phi) is 3.03. The molecule has 0 bridgehead atoms. The molecule has 1 atom stereocenters. The summed E-state index contributed by atoms with van der Waals surface area (Å²) >= 11 is 5.49. The van der Waals surface area contributed by atoms with Gasteiger partial charge in [0.1, 0.15) is 0 Å². The molecule has 0 spiro atoms. The highest BCUT2D eigenvalue weighted by atomic mass is 35.5. The second-order valence-electron chi connectivity index (χ2n) is 2.90. The molecule has 13 heavy (non-hydrogen) atoms. The number of halogens is 1. The van der Waals surface area contributed by atoms with E-state index in [4.69, 9.17) is 11.6 Å². The zero-order valence-electron chi connectivity index (χ0n) is 7.08. The minimum Gasteiger partial charge on any atom is -0.463 e. The molecule has 0 radical (unpaired) electrons. The molecule has 1 saturated carbocycles. The van der Waals surface area contributed by atoms with E-state index in [0.717, 1.165) is 20.0 Å². The molecule has 0 aliphatic heterocycles. The van der Waals surface area contributed by atoms with Gasteiger partial charge in [-0.05, 0) is 12.8 Å². The number of rotatable bonds is 4. The van der Waals surface area contributed by atoms with Gasteiger partial charge in [0.05, 0.1) is 7.11 Å². The van der Waals surface area contributed by atoms with E-state index in [2.05, 4.69) is 4.74 Å². The lowest BCUT2D eigenvalue weighted by Gasteiger charge is -2.03. The number of hydrogen-bond donors (Lipinski definition) is 0. The predicted octanol–water partition coefficient (Wildman–Crippen LogP) is 0.315. The van der Waals surface area contributed by atoms with Gasteiger partial charge in [-0.15, -0.1) is 11.6 Å². The van der Waals surface area contributed by atoms with Gasteiger partial charge in [-0.25, -0.2) is 4.79 Å². The summed E-state index contributed by atoms with van der Waals surface area (Å²) in [6.07, 6.45) is 1.52. The molecule has 0 aromatic carbocycles. The molecule has 0 saturated heterocycles. The summed E-state index contributed by atoms with van der Waals surface area (Å²) < 4.78 is 4.16. The van der Waals surface area contributed by atoms with Crippen molar-refractivity contribution in [3.05, 3.63) is 0 Å². The van der Waals surface area contributed by atoms with E-state index in [0.29, 0.717) is 0 Å². The smallest absolute Gasteiger partial charge is 0.376 e. The lowest BCUT2D eigenvalue weighted by atomic mass is 10.1. The molecule has 0 amide bonds. The largest absolute Gasteiger partial charge is 0.463 e. The minimum atomic E-state index is -1.36. The SMILES string of the molecule is COC(=O)C(=O)[C@H](Cl)C(=O)C1CC1. The fourth-order valence-corrected chi connectivity index (χ4v) is 1.18. The third-order valence-corrected chi connectivity index (χ3v) is 2.26. The van der Waals surface area contributed by atoms with Gasteiger partial charge < -0.3 is 4.74 Å². The molecule has 0 unspecified atom stereocenters. The highest BCUT2D eigenvalue weighted by Gasteiger charge is 2.39. The first kappa shape index (κ1) is 10.2. The van der Waals surface area contributed by atoms with Gasteiger partial charge in [-0.1, -0.05) is 0 Å². The van der Waals surface area contributed by atoms with Crippen LogP contribution in [0.2, 0.25) is 0 Å². The Balaban J connectivity index is 2.55. The lowest BCUT2D eigenvalue weighted by Crippen LogP contribution is -2.32. The number of esters is 1. The zero-order valence-corrected chi connectivity index (χ0v) is 7.84. The number of hydrogen-bond acceptors (Lipinski definition) is 4. The molecule has 0 aromatic heterocycles. The number of methoxy groups -OCH3 is 1. The maximum absolute atomic E-state index is 11.2. The first-order valence-corrected chi connectivity index (χ1v) is 4.31. The fourth-order valence-electron chi connectivity index (χ4n) is 0.908. The van der Waals surface area contributed by atoms with E-state index in [-0.39, 0.29) is 11.7 Å². The number of ketones is 2. The van der Waals surface area contributed by atoms with Crippen LogP contribution in [0, 0.1) is 5.92 Å². The third-order valence-electron chi connectivity index (χ3n) is 1.85. The summed E-state index contributed by atoms with van der Waals surface area (Å²) in [5, 5.41) is -1.36. The Morgan fingerprint density at radius 1 is 1.38 bits per heavy atom. The quantitative estimate of drug-likeness (QED) is 0.286. The Labute approximate surface area is 80.2 Å². The average Bonchev–Trinajstić information content (AvgIpc) is 2.96. The molecule has 0 heterocycles. The van der Waals surface area contributed by atoms with Gasteiger partial charge in [0.15, 0.2) is 11.2 Å². The van der Waals surface area contributed by atoms with Crippen LogP contribution in [0.5, 0.6) is 0 Å². The molecule has 0 aromatic rings. The van der Waals surface area contributed by atoms with Crippen molar-refractivity contribution in [1.29, 1.82) is 0 Å². The highest BCUT2D eigenvalue weighted by molar-refractivity contribution is 6.54. The number of alkyl halides is 1. The first-order valence-electron chi connectivity index (χ1n) is 3.88. The van der Waals surface area contributed by atoms with Crippen molar-refractivity contribution >= 4 is 29.1 Å². The molecule has 1 rings (SSSR count). The van der Waals surface area contributed by atoms with Crippen molar-refractivity contribution in [1.82, 2.24) is 0 Å². The van der Waals surface area contributed by atoms with Crippen LogP contribution in [0.15, 0.2) is 0 Å². The van der Waals surface area contributed by atoms with Crippen molar-refractivity contribution in [2.45, 2.75) is 18.2 Å². The van der Waals surface area contributed by atoms with Gasteiger partial charge in [0, 0.05) is 5.92 Å². The van der Waals surface area contributed by atoms with Crippen LogP contribution < -0.4 is 0 Å². The van der Waals surface area contributed by atoms with Crippen molar-refractivity contribution in [2.24, 2.45) is 5.92 Å². The summed E-state index contributed by atoms with van der Waals surface area (Å²) in [6.45, 7) is 0. The fraction of sp³-hybridized carbons (Fsp3) is 0.625. The standard InChI is InChI=1S/C8H9ClO4/c1-13-8(12)7(11)5(9)6(10)4-2-3-4/h4-5H,2-3H2,1H3/t5-/m1/s1. The molecular formula is C8H9ClO4. The van der Waals surface area contributed by atoms with Crippen LogP contribution in [-0.2, 0) is 19.1 Å². The summed E-state index contributed by atoms with van der Waals surface area (Å²) in [6, 6.07) is 0. The molecular weight excluding hydrogens is 196 g/mol. The monoisotopic (exact) mass is 204 g/mol. The van der Waals surface area contributed by atoms with Crippen LogP contribution in [0.1, 0.15) is 12.8 Å². The van der Waals surface area contributed by atoms with Crippen LogP contribution in [0.25, 0.3) is 0 Å². The highest BCUT2D eigenvalue weighted by Crippen LogP contribution is 2.32. The Hall–Kier alpha value is -0.900. The van der Waals surface area contributed by atoms with E-state index in [1.807, 2.05) is 0 Å². The molecule has 5 heteroatoms. The number of carbonyl (C=O) groups is 3. The predicted molar refractivity (Wildman–Crippen MR) is 44.4 cm³/mol. The molecule has 4 nitrogen and oxygen atoms in total. The molecule has 1 aliphatic carbocycles. The van der Waals surface area contributed by atoms with Gasteiger partial charge in [-0.2, -0.15) is 0 Å². The number of carbonyl (C=O) groups excluding carboxylic acids is 3. The van der Waals surface area contributed by atoms with Crippen molar-refractivity contribution in [3.63, 3.8) is 0 Å². The van der Waals surface area contributed by atoms with Crippen LogP contribution in [0.4, 0.5) is 0 Å². The molecule has 0 N–H and O–H groups in total. The van der Waals surface area contributed by atoms with Crippen LogP contribution >= 0.6 is 11.6 Å². The van der Waals surface area contributed by atoms with Gasteiger partial charge >= 0.3 is 5.97 Å². The van der Waals surface area contributed by atoms with Crippen LogP contribution in [0.3, 0.4) is 0 Å². The van der Waals surface area contributed by atoms with Crippen LogP contribution in [-0.4, -0.2) is 30.0 Å². The third kappa shape index (κ3) is 2.28. The molecule has 72 valence electrons. The zero-order chi connectivity index (χ0) is 10.0. The topological polar surface area (TPSA) is 60.4 Å². The van der Waals surface area contributed by atoms with E-state index >= 15 is 0 Å². The van der Waals surface area contributed by atoms with Crippen molar-refractivity contribution in [3.8, 4) is 0 Å². The van der Waals surface area contributed by atoms with Gasteiger partial charge in [0.25, 0.3) is 5.78 Å². The van der Waals surface area contributed by atoms with Gasteiger partial charge in [-0.3, -0.25) is 9.59 Å². The number of Topliss-reactive ketones (excluding diaryl/α,β-unsaturated/α-hetero) is 2. The second-order valence-corrected chi connectivity index (χ2v) is 3.33. The first-order chi connectivity index (χ1) is 6.07. The van der Waals surface area contributed by atoms with E-state index in [1.165, 1.54) is 0 Å². The molecule has 1 fully saturated rings. The Morgan fingerprint density at radius 2 is 1.92 bits per heavy atom.